The van der Waals surface area contributed by atoms with Crippen molar-refractivity contribution < 1.29 is 14.4 Å². The average molecular weight is 261 g/mol. The van der Waals surface area contributed by atoms with Gasteiger partial charge >= 0.3 is 17.8 Å². The quantitative estimate of drug-likeness (QED) is 0.622. The summed E-state index contributed by atoms with van der Waals surface area (Å²) in [5, 5.41) is 1.97. The van der Waals surface area contributed by atoms with Crippen molar-refractivity contribution in [2.75, 3.05) is 25.0 Å². The minimum absolute atomic E-state index is 0.244. The number of rotatable bonds is 5. The summed E-state index contributed by atoms with van der Waals surface area (Å²) in [6, 6.07) is 9.17. The number of urea groups is 1. The van der Waals surface area contributed by atoms with Crippen molar-refractivity contribution in [1.29, 1.82) is 0 Å². The molecule has 1 aliphatic rings. The largest absolute Gasteiger partial charge is 0.375 e. The Morgan fingerprint density at radius 2 is 1.84 bits per heavy atom. The monoisotopic (exact) mass is 261 g/mol. The van der Waals surface area contributed by atoms with Gasteiger partial charge in [0.05, 0.1) is 0 Å². The molecule has 1 heterocycles. The van der Waals surface area contributed by atoms with Crippen molar-refractivity contribution in [2.24, 2.45) is 0 Å². The summed E-state index contributed by atoms with van der Waals surface area (Å²) >= 11 is 0. The van der Waals surface area contributed by atoms with E-state index in [1.54, 1.807) is 0 Å². The summed E-state index contributed by atoms with van der Waals surface area (Å²) < 4.78 is 0. The van der Waals surface area contributed by atoms with Gasteiger partial charge < -0.3 is 4.90 Å². The van der Waals surface area contributed by atoms with Gasteiger partial charge in [-0.05, 0) is 18.6 Å². The minimum atomic E-state index is -0.846. The van der Waals surface area contributed by atoms with Gasteiger partial charge in [-0.1, -0.05) is 18.2 Å². The van der Waals surface area contributed by atoms with Gasteiger partial charge in [-0.3, -0.25) is 19.8 Å². The van der Waals surface area contributed by atoms with E-state index in [2.05, 4.69) is 0 Å². The molecule has 1 N–H and O–H groups in total. The number of hydrogen-bond donors (Lipinski definition) is 1. The number of nitrogens with zero attached hydrogens (tertiary/aromatic N) is 2. The van der Waals surface area contributed by atoms with Crippen molar-refractivity contribution in [3.8, 4) is 0 Å². The van der Waals surface area contributed by atoms with Crippen molar-refractivity contribution in [3.63, 3.8) is 0 Å². The fourth-order valence-corrected chi connectivity index (χ4v) is 1.91. The topological polar surface area (TPSA) is 69.7 Å². The Bertz CT molecular complexity index is 501. The Hall–Kier alpha value is -2.37. The highest BCUT2D eigenvalue weighted by atomic mass is 16.2. The highest BCUT2D eigenvalue weighted by molar-refractivity contribution is 6.44. The highest BCUT2D eigenvalue weighted by Crippen LogP contribution is 2.11. The van der Waals surface area contributed by atoms with Crippen molar-refractivity contribution in [3.05, 3.63) is 30.3 Å². The number of hydrogen-bond acceptors (Lipinski definition) is 4. The molecule has 0 atom stereocenters. The molecule has 6 nitrogen and oxygen atoms in total. The summed E-state index contributed by atoms with van der Waals surface area (Å²) in [7, 11) is 1.94. The third kappa shape index (κ3) is 2.90. The number of carbonyl (C=O) groups excluding carboxylic acids is 3. The van der Waals surface area contributed by atoms with Crippen LogP contribution in [0.2, 0.25) is 0 Å². The summed E-state index contributed by atoms with van der Waals surface area (Å²) in [6.45, 7) is 0.933. The van der Waals surface area contributed by atoms with Crippen LogP contribution in [0, 0.1) is 0 Å². The summed E-state index contributed by atoms with van der Waals surface area (Å²) in [6.07, 6.45) is 0.609. The van der Waals surface area contributed by atoms with Gasteiger partial charge in [0.15, 0.2) is 0 Å². The molecule has 1 aromatic carbocycles. The van der Waals surface area contributed by atoms with Gasteiger partial charge in [0.2, 0.25) is 0 Å². The molecule has 1 aromatic rings. The number of nitrogens with one attached hydrogen (secondary N) is 1. The predicted molar refractivity (Wildman–Crippen MR) is 69.6 cm³/mol. The van der Waals surface area contributed by atoms with Gasteiger partial charge in [0, 0.05) is 25.8 Å². The van der Waals surface area contributed by atoms with Crippen LogP contribution in [0.5, 0.6) is 0 Å². The third-order valence-electron chi connectivity index (χ3n) is 2.98. The molecule has 1 fully saturated rings. The number of amides is 4. The lowest BCUT2D eigenvalue weighted by Crippen LogP contribution is -2.33. The zero-order valence-electron chi connectivity index (χ0n) is 10.6. The maximum atomic E-state index is 11.3. The fraction of sp³-hybridized carbons (Fsp3) is 0.308. The van der Waals surface area contributed by atoms with Crippen LogP contribution in [0.1, 0.15) is 6.42 Å². The molecule has 0 saturated carbocycles. The Balaban J connectivity index is 1.83. The maximum absolute atomic E-state index is 11.3. The fourth-order valence-electron chi connectivity index (χ4n) is 1.91. The van der Waals surface area contributed by atoms with Crippen molar-refractivity contribution in [2.45, 2.75) is 6.42 Å². The Morgan fingerprint density at radius 1 is 1.16 bits per heavy atom. The molecule has 4 amide bonds. The lowest BCUT2D eigenvalue weighted by Gasteiger charge is -2.20. The molecule has 0 unspecified atom stereocenters. The number of carbonyl (C=O) groups is 3. The van der Waals surface area contributed by atoms with E-state index in [1.807, 2.05) is 47.6 Å². The van der Waals surface area contributed by atoms with Gasteiger partial charge in [-0.15, -0.1) is 0 Å². The van der Waals surface area contributed by atoms with E-state index >= 15 is 0 Å². The van der Waals surface area contributed by atoms with E-state index in [0.717, 1.165) is 10.6 Å². The normalized spacial score (nSPS) is 14.8. The maximum Gasteiger partial charge on any atom is 0.331 e. The lowest BCUT2D eigenvalue weighted by atomic mass is 10.3. The van der Waals surface area contributed by atoms with Gasteiger partial charge in [-0.25, -0.2) is 4.79 Å². The van der Waals surface area contributed by atoms with Crippen LogP contribution in [0.15, 0.2) is 30.3 Å². The van der Waals surface area contributed by atoms with Crippen LogP contribution in [0.4, 0.5) is 10.5 Å². The second-order valence-electron chi connectivity index (χ2n) is 4.33. The molecule has 6 heteroatoms. The first-order valence-corrected chi connectivity index (χ1v) is 6.02. The SMILES string of the molecule is CN(CCCN1C(=O)NC(=O)C1=O)c1ccccc1. The van der Waals surface area contributed by atoms with Crippen LogP contribution in [-0.2, 0) is 9.59 Å². The Labute approximate surface area is 111 Å². The van der Waals surface area contributed by atoms with Crippen LogP contribution in [0.3, 0.4) is 0 Å². The highest BCUT2D eigenvalue weighted by Gasteiger charge is 2.36. The van der Waals surface area contributed by atoms with Crippen molar-refractivity contribution >= 4 is 23.5 Å². The van der Waals surface area contributed by atoms with E-state index < -0.39 is 17.8 Å². The predicted octanol–water partition coefficient (Wildman–Crippen LogP) is 0.591. The molecular weight excluding hydrogens is 246 g/mol. The minimum Gasteiger partial charge on any atom is -0.375 e. The molecule has 0 spiro atoms. The van der Waals surface area contributed by atoms with E-state index in [-0.39, 0.29) is 6.54 Å². The molecule has 2 rings (SSSR count). The molecule has 19 heavy (non-hydrogen) atoms. The van der Waals surface area contributed by atoms with Crippen LogP contribution in [0.25, 0.3) is 0 Å². The molecule has 100 valence electrons. The third-order valence-corrected chi connectivity index (χ3v) is 2.98. The molecule has 0 aliphatic carbocycles. The molecule has 1 saturated heterocycles. The van der Waals surface area contributed by atoms with E-state index in [9.17, 15) is 14.4 Å². The van der Waals surface area contributed by atoms with Gasteiger partial charge in [0.1, 0.15) is 0 Å². The molecule has 0 aromatic heterocycles. The Kier molecular flexibility index (Phi) is 3.79. The Morgan fingerprint density at radius 3 is 2.42 bits per heavy atom. The van der Waals surface area contributed by atoms with Gasteiger partial charge in [-0.2, -0.15) is 0 Å². The van der Waals surface area contributed by atoms with Crippen LogP contribution >= 0.6 is 0 Å². The van der Waals surface area contributed by atoms with Gasteiger partial charge in [0.25, 0.3) is 0 Å². The zero-order chi connectivity index (χ0) is 13.8. The molecule has 0 bridgehead atoms. The number of benzene rings is 1. The van der Waals surface area contributed by atoms with Crippen LogP contribution < -0.4 is 10.2 Å². The standard InChI is InChI=1S/C13H15N3O3/c1-15(10-6-3-2-4-7-10)8-5-9-16-12(18)11(17)14-13(16)19/h2-4,6-7H,5,8-9H2,1H3,(H,14,17,19). The number of imide groups is 2. The van der Waals surface area contributed by atoms with E-state index in [0.29, 0.717) is 13.0 Å². The van der Waals surface area contributed by atoms with E-state index in [1.165, 1.54) is 0 Å². The molecule has 1 aliphatic heterocycles. The second kappa shape index (κ2) is 5.51. The number of para-hydroxylation sites is 1. The summed E-state index contributed by atoms with van der Waals surface area (Å²) in [5.41, 5.74) is 1.07. The average Bonchev–Trinajstić information content (AvgIpc) is 2.66. The van der Waals surface area contributed by atoms with E-state index in [4.69, 9.17) is 0 Å². The smallest absolute Gasteiger partial charge is 0.331 e. The lowest BCUT2D eigenvalue weighted by molar-refractivity contribution is -0.140. The van der Waals surface area contributed by atoms with Crippen molar-refractivity contribution in [1.82, 2.24) is 10.2 Å². The second-order valence-corrected chi connectivity index (χ2v) is 4.33. The number of anilines is 1. The first-order chi connectivity index (χ1) is 9.09. The first-order valence-electron chi connectivity index (χ1n) is 6.02. The molecule has 0 radical (unpaired) electrons. The zero-order valence-corrected chi connectivity index (χ0v) is 10.6. The van der Waals surface area contributed by atoms with Crippen LogP contribution in [-0.4, -0.2) is 42.9 Å². The summed E-state index contributed by atoms with van der Waals surface area (Å²) in [4.78, 5) is 36.6. The summed E-state index contributed by atoms with van der Waals surface area (Å²) in [5.74, 6) is -1.62. The first kappa shape index (κ1) is 13.1. The molecular formula is C13H15N3O3.